The third-order valence-corrected chi connectivity index (χ3v) is 6.03. The fourth-order valence-electron chi connectivity index (χ4n) is 4.06. The molecule has 0 spiro atoms. The average molecular weight is 439 g/mol. The van der Waals surface area contributed by atoms with Gasteiger partial charge in [0.2, 0.25) is 11.8 Å². The van der Waals surface area contributed by atoms with Crippen LogP contribution in [0.2, 0.25) is 0 Å². The number of Topliss-reactive ketones (excluding diaryl/α,β-unsaturated/α-hetero) is 1. The van der Waals surface area contributed by atoms with Crippen LogP contribution in [-0.2, 0) is 14.4 Å². The van der Waals surface area contributed by atoms with Crippen LogP contribution in [0, 0.1) is 11.3 Å². The first-order valence-electron chi connectivity index (χ1n) is 11.5. The van der Waals surface area contributed by atoms with Gasteiger partial charge in [-0.3, -0.25) is 14.4 Å². The van der Waals surface area contributed by atoms with Crippen LogP contribution in [0.15, 0.2) is 0 Å². The SMILES string of the molecule is CCC(C(=O)NC(CC(C)=O)CC1CCC1)N(CC)C(=O)C(NC(=O)NC)C(C)(C)C. The van der Waals surface area contributed by atoms with Gasteiger partial charge in [-0.25, -0.2) is 4.79 Å². The summed E-state index contributed by atoms with van der Waals surface area (Å²) in [6, 6.07) is -2.09. The third kappa shape index (κ3) is 8.15. The van der Waals surface area contributed by atoms with Crippen molar-refractivity contribution in [3.8, 4) is 0 Å². The number of amides is 4. The van der Waals surface area contributed by atoms with Crippen molar-refractivity contribution in [2.75, 3.05) is 13.6 Å². The van der Waals surface area contributed by atoms with E-state index in [4.69, 9.17) is 0 Å². The fourth-order valence-corrected chi connectivity index (χ4v) is 4.06. The van der Waals surface area contributed by atoms with Gasteiger partial charge in [-0.2, -0.15) is 0 Å². The van der Waals surface area contributed by atoms with Crippen LogP contribution in [-0.4, -0.2) is 60.2 Å². The molecule has 0 aromatic carbocycles. The Morgan fingerprint density at radius 3 is 2.06 bits per heavy atom. The van der Waals surface area contributed by atoms with Crippen molar-refractivity contribution in [2.24, 2.45) is 11.3 Å². The van der Waals surface area contributed by atoms with Gasteiger partial charge >= 0.3 is 6.03 Å². The summed E-state index contributed by atoms with van der Waals surface area (Å²) in [7, 11) is 1.50. The molecular weight excluding hydrogens is 396 g/mol. The van der Waals surface area contributed by atoms with E-state index in [-0.39, 0.29) is 23.6 Å². The van der Waals surface area contributed by atoms with Crippen molar-refractivity contribution in [3.05, 3.63) is 0 Å². The zero-order valence-corrected chi connectivity index (χ0v) is 20.3. The Morgan fingerprint density at radius 2 is 1.68 bits per heavy atom. The molecule has 178 valence electrons. The van der Waals surface area contributed by atoms with Gasteiger partial charge in [0.15, 0.2) is 0 Å². The molecule has 1 aliphatic rings. The minimum absolute atomic E-state index is 0.0451. The summed E-state index contributed by atoms with van der Waals surface area (Å²) in [6.45, 7) is 11.2. The van der Waals surface area contributed by atoms with Crippen LogP contribution in [0.4, 0.5) is 4.79 Å². The van der Waals surface area contributed by atoms with E-state index in [0.717, 1.165) is 19.3 Å². The monoisotopic (exact) mass is 438 g/mol. The standard InChI is InChI=1S/C23H42N4O4/c1-8-18(20(29)25-17(13-15(3)28)14-16-11-10-12-16)27(9-2)21(30)19(23(4,5)6)26-22(31)24-7/h16-19H,8-14H2,1-7H3,(H,25,29)(H2,24,26,31). The van der Waals surface area contributed by atoms with Crippen molar-refractivity contribution in [2.45, 2.75) is 98.2 Å². The summed E-state index contributed by atoms with van der Waals surface area (Å²) in [4.78, 5) is 51.8. The molecule has 4 amide bonds. The fraction of sp³-hybridized carbons (Fsp3) is 0.826. The number of nitrogens with one attached hydrogen (secondary N) is 3. The van der Waals surface area contributed by atoms with E-state index in [1.165, 1.54) is 25.3 Å². The molecule has 3 atom stereocenters. The maximum absolute atomic E-state index is 13.4. The van der Waals surface area contributed by atoms with Gasteiger partial charge in [-0.15, -0.1) is 0 Å². The number of carbonyl (C=O) groups is 4. The summed E-state index contributed by atoms with van der Waals surface area (Å²) < 4.78 is 0. The van der Waals surface area contributed by atoms with Crippen LogP contribution in [0.3, 0.4) is 0 Å². The van der Waals surface area contributed by atoms with Crippen molar-refractivity contribution >= 4 is 23.6 Å². The van der Waals surface area contributed by atoms with E-state index in [1.54, 1.807) is 0 Å². The summed E-state index contributed by atoms with van der Waals surface area (Å²) in [5.74, 6) is 0.0675. The van der Waals surface area contributed by atoms with E-state index in [2.05, 4.69) is 16.0 Å². The van der Waals surface area contributed by atoms with E-state index >= 15 is 0 Å². The molecule has 8 nitrogen and oxygen atoms in total. The van der Waals surface area contributed by atoms with Crippen LogP contribution in [0.25, 0.3) is 0 Å². The van der Waals surface area contributed by atoms with E-state index in [0.29, 0.717) is 25.3 Å². The molecule has 31 heavy (non-hydrogen) atoms. The maximum Gasteiger partial charge on any atom is 0.315 e. The largest absolute Gasteiger partial charge is 0.351 e. The Morgan fingerprint density at radius 1 is 1.06 bits per heavy atom. The minimum atomic E-state index is -0.780. The van der Waals surface area contributed by atoms with E-state index < -0.39 is 23.5 Å². The summed E-state index contributed by atoms with van der Waals surface area (Å²) in [5.41, 5.74) is -0.535. The molecule has 0 aliphatic heterocycles. The van der Waals surface area contributed by atoms with Crippen molar-refractivity contribution < 1.29 is 19.2 Å². The van der Waals surface area contributed by atoms with E-state index in [1.807, 2.05) is 34.6 Å². The second-order valence-corrected chi connectivity index (χ2v) is 9.72. The zero-order chi connectivity index (χ0) is 23.8. The lowest BCUT2D eigenvalue weighted by atomic mass is 9.80. The topological polar surface area (TPSA) is 108 Å². The van der Waals surface area contributed by atoms with Crippen molar-refractivity contribution in [3.63, 3.8) is 0 Å². The van der Waals surface area contributed by atoms with Gasteiger partial charge in [0.1, 0.15) is 17.9 Å². The van der Waals surface area contributed by atoms with Crippen molar-refractivity contribution in [1.29, 1.82) is 0 Å². The van der Waals surface area contributed by atoms with Crippen LogP contribution in [0.5, 0.6) is 0 Å². The lowest BCUT2D eigenvalue weighted by molar-refractivity contribution is -0.144. The quantitative estimate of drug-likeness (QED) is 0.461. The number of urea groups is 1. The van der Waals surface area contributed by atoms with Gasteiger partial charge in [0.05, 0.1) is 0 Å². The summed E-state index contributed by atoms with van der Waals surface area (Å²) >= 11 is 0. The van der Waals surface area contributed by atoms with Gasteiger partial charge in [0.25, 0.3) is 0 Å². The number of rotatable bonds is 11. The number of nitrogens with zero attached hydrogens (tertiary/aromatic N) is 1. The normalized spacial score (nSPS) is 17.0. The molecule has 8 heteroatoms. The Kier molecular flexibility index (Phi) is 10.5. The number of ketones is 1. The Labute approximate surface area is 187 Å². The van der Waals surface area contributed by atoms with Crippen LogP contribution in [0.1, 0.15) is 80.1 Å². The molecule has 0 heterocycles. The third-order valence-electron chi connectivity index (χ3n) is 6.03. The first-order chi connectivity index (χ1) is 14.4. The van der Waals surface area contributed by atoms with Gasteiger partial charge in [-0.05, 0) is 38.0 Å². The summed E-state index contributed by atoms with van der Waals surface area (Å²) in [5, 5.41) is 8.26. The smallest absolute Gasteiger partial charge is 0.315 e. The molecule has 1 saturated carbocycles. The summed E-state index contributed by atoms with van der Waals surface area (Å²) in [6.07, 6.45) is 5.03. The lowest BCUT2D eigenvalue weighted by Crippen LogP contribution is -2.60. The highest BCUT2D eigenvalue weighted by atomic mass is 16.2. The molecule has 0 radical (unpaired) electrons. The zero-order valence-electron chi connectivity index (χ0n) is 20.3. The minimum Gasteiger partial charge on any atom is -0.351 e. The predicted octanol–water partition coefficient (Wildman–Crippen LogP) is 2.61. The van der Waals surface area contributed by atoms with Gasteiger partial charge in [-0.1, -0.05) is 47.0 Å². The van der Waals surface area contributed by atoms with Crippen LogP contribution < -0.4 is 16.0 Å². The molecular formula is C23H42N4O4. The first-order valence-corrected chi connectivity index (χ1v) is 11.5. The highest BCUT2D eigenvalue weighted by molar-refractivity contribution is 5.92. The van der Waals surface area contributed by atoms with Crippen LogP contribution >= 0.6 is 0 Å². The maximum atomic E-state index is 13.4. The number of carbonyl (C=O) groups excluding carboxylic acids is 4. The highest BCUT2D eigenvalue weighted by Gasteiger charge is 2.39. The number of hydrogen-bond acceptors (Lipinski definition) is 4. The molecule has 1 fully saturated rings. The lowest BCUT2D eigenvalue weighted by Gasteiger charge is -2.38. The number of likely N-dealkylation sites (N-methyl/N-ethyl adjacent to an activating group) is 1. The van der Waals surface area contributed by atoms with Gasteiger partial charge in [0, 0.05) is 26.1 Å². The van der Waals surface area contributed by atoms with E-state index in [9.17, 15) is 19.2 Å². The average Bonchev–Trinajstić information content (AvgIpc) is 2.64. The Bertz CT molecular complexity index is 640. The molecule has 3 unspecified atom stereocenters. The van der Waals surface area contributed by atoms with Gasteiger partial charge < -0.3 is 20.9 Å². The molecule has 3 N–H and O–H groups in total. The molecule has 0 aromatic rings. The highest BCUT2D eigenvalue weighted by Crippen LogP contribution is 2.31. The first kappa shape index (κ1) is 26.9. The second kappa shape index (κ2) is 12.1. The molecule has 1 rings (SSSR count). The number of hydrogen-bond donors (Lipinski definition) is 3. The predicted molar refractivity (Wildman–Crippen MR) is 121 cm³/mol. The molecule has 0 bridgehead atoms. The molecule has 0 aromatic heterocycles. The Hall–Kier alpha value is -2.12. The Balaban J connectivity index is 3.01. The van der Waals surface area contributed by atoms with Crippen molar-refractivity contribution in [1.82, 2.24) is 20.9 Å². The molecule has 0 saturated heterocycles. The molecule has 1 aliphatic carbocycles. The second-order valence-electron chi connectivity index (χ2n) is 9.72.